The molecule has 0 aromatic heterocycles. The molecule has 4 unspecified atom stereocenters. The van der Waals surface area contributed by atoms with Crippen LogP contribution in [-0.4, -0.2) is 23.8 Å². The van der Waals surface area contributed by atoms with Gasteiger partial charge in [0.1, 0.15) is 5.78 Å². The Bertz CT molecular complexity index is 598. The number of hydrogen-bond donors (Lipinski definition) is 0. The molecule has 1 saturated heterocycles. The number of ether oxygens (including phenoxy) is 2. The molecule has 0 aromatic carbocycles. The molecule has 3 nitrogen and oxygen atoms in total. The highest BCUT2D eigenvalue weighted by Crippen LogP contribution is 2.67. The van der Waals surface area contributed by atoms with E-state index in [1.807, 2.05) is 0 Å². The van der Waals surface area contributed by atoms with Crippen molar-refractivity contribution in [3.05, 3.63) is 0 Å². The summed E-state index contributed by atoms with van der Waals surface area (Å²) in [5, 5.41) is 0. The molecule has 0 radical (unpaired) electrons. The summed E-state index contributed by atoms with van der Waals surface area (Å²) in [5.74, 6) is 1.84. The zero-order valence-electron chi connectivity index (χ0n) is 16.3. The largest absolute Gasteiger partial charge is 0.344 e. The second-order valence-electron chi connectivity index (χ2n) is 10.7. The van der Waals surface area contributed by atoms with E-state index in [4.69, 9.17) is 9.47 Å². The van der Waals surface area contributed by atoms with Crippen molar-refractivity contribution >= 4 is 5.78 Å². The van der Waals surface area contributed by atoms with Crippen LogP contribution < -0.4 is 0 Å². The Morgan fingerprint density at radius 2 is 1.64 bits per heavy atom. The highest BCUT2D eigenvalue weighted by molar-refractivity contribution is 5.84. The van der Waals surface area contributed by atoms with Gasteiger partial charge < -0.3 is 9.47 Å². The summed E-state index contributed by atoms with van der Waals surface area (Å²) in [6, 6.07) is 0. The molecule has 140 valence electrons. The number of fused-ring (bicyclic) bond motifs is 8. The van der Waals surface area contributed by atoms with Gasteiger partial charge in [-0.25, -0.2) is 0 Å². The standard InChI is InChI=1S/C22H34O3/c1-20(2)24-18-14-7-5-6-10-22(14,4)13-8-11-21(3)12-9-15(23)17(21)16(13)19(18)25-20/h13-14,16-19H,5-12H2,1-4H3/t13?,14?,16?,17?,18-,19-,21-,22-/m1/s1. The SMILES string of the molecule is CC1(C)O[C@@H]2C3C4C(=O)CC[C@@]4(C)CCC3[C@@]3(C)CCCCC3[C@H]2O1. The summed E-state index contributed by atoms with van der Waals surface area (Å²) >= 11 is 0. The molecule has 4 saturated carbocycles. The van der Waals surface area contributed by atoms with Crippen LogP contribution in [0.25, 0.3) is 0 Å². The molecular formula is C22H34O3. The maximum atomic E-state index is 13.0. The Kier molecular flexibility index (Phi) is 3.41. The second-order valence-corrected chi connectivity index (χ2v) is 10.7. The number of Topliss-reactive ketones (excluding diaryl/α,β-unsaturated/α-hetero) is 1. The Labute approximate surface area is 152 Å². The predicted molar refractivity (Wildman–Crippen MR) is 95.9 cm³/mol. The third-order valence-corrected chi connectivity index (χ3v) is 9.03. The van der Waals surface area contributed by atoms with Gasteiger partial charge in [-0.3, -0.25) is 4.79 Å². The quantitative estimate of drug-likeness (QED) is 0.636. The minimum atomic E-state index is -0.502. The van der Waals surface area contributed by atoms with Gasteiger partial charge >= 0.3 is 0 Å². The molecular weight excluding hydrogens is 312 g/mol. The molecule has 5 fully saturated rings. The number of carbonyl (C=O) groups excluding carboxylic acids is 1. The normalized spacial score (nSPS) is 56.7. The van der Waals surface area contributed by atoms with Crippen molar-refractivity contribution < 1.29 is 14.3 Å². The van der Waals surface area contributed by atoms with E-state index in [0.717, 1.165) is 12.8 Å². The van der Waals surface area contributed by atoms with Crippen LogP contribution in [0.15, 0.2) is 0 Å². The third kappa shape index (κ3) is 2.15. The van der Waals surface area contributed by atoms with E-state index in [9.17, 15) is 4.79 Å². The van der Waals surface area contributed by atoms with E-state index in [-0.39, 0.29) is 23.5 Å². The highest BCUT2D eigenvalue weighted by Gasteiger charge is 2.68. The van der Waals surface area contributed by atoms with Gasteiger partial charge in [-0.1, -0.05) is 26.7 Å². The predicted octanol–water partition coefficient (Wildman–Crippen LogP) is 4.73. The first-order valence-electron chi connectivity index (χ1n) is 10.6. The molecule has 4 aliphatic carbocycles. The highest BCUT2D eigenvalue weighted by atomic mass is 16.8. The maximum Gasteiger partial charge on any atom is 0.163 e. The minimum Gasteiger partial charge on any atom is -0.344 e. The Morgan fingerprint density at radius 1 is 0.880 bits per heavy atom. The molecule has 3 heteroatoms. The lowest BCUT2D eigenvalue weighted by Gasteiger charge is -2.62. The molecule has 5 rings (SSSR count). The van der Waals surface area contributed by atoms with E-state index >= 15 is 0 Å². The summed E-state index contributed by atoms with van der Waals surface area (Å²) in [5.41, 5.74) is 0.537. The zero-order chi connectivity index (χ0) is 17.6. The summed E-state index contributed by atoms with van der Waals surface area (Å²) in [6.07, 6.45) is 9.95. The van der Waals surface area contributed by atoms with Gasteiger partial charge in [0.05, 0.1) is 12.2 Å². The molecule has 0 spiro atoms. The Morgan fingerprint density at radius 3 is 2.44 bits per heavy atom. The van der Waals surface area contributed by atoms with E-state index in [0.29, 0.717) is 29.0 Å². The lowest BCUT2D eigenvalue weighted by molar-refractivity contribution is -0.178. The Hall–Kier alpha value is -0.410. The van der Waals surface area contributed by atoms with Crippen LogP contribution in [0.2, 0.25) is 0 Å². The average Bonchev–Trinajstić information content (AvgIpc) is 3.03. The molecule has 0 bridgehead atoms. The van der Waals surface area contributed by atoms with Gasteiger partial charge in [0.2, 0.25) is 0 Å². The fraction of sp³-hybridized carbons (Fsp3) is 0.955. The maximum absolute atomic E-state index is 13.0. The first kappa shape index (κ1) is 16.7. The fourth-order valence-corrected chi connectivity index (χ4v) is 7.98. The molecule has 0 N–H and O–H groups in total. The van der Waals surface area contributed by atoms with Gasteiger partial charge in [0, 0.05) is 18.3 Å². The fourth-order valence-electron chi connectivity index (χ4n) is 7.98. The van der Waals surface area contributed by atoms with E-state index in [2.05, 4.69) is 27.7 Å². The summed E-state index contributed by atoms with van der Waals surface area (Å²) in [6.45, 7) is 9.05. The summed E-state index contributed by atoms with van der Waals surface area (Å²) in [4.78, 5) is 13.0. The van der Waals surface area contributed by atoms with E-state index in [1.54, 1.807) is 0 Å². The average molecular weight is 347 g/mol. The van der Waals surface area contributed by atoms with Crippen LogP contribution in [0.1, 0.15) is 79.1 Å². The van der Waals surface area contributed by atoms with Gasteiger partial charge in [-0.2, -0.15) is 0 Å². The smallest absolute Gasteiger partial charge is 0.163 e. The van der Waals surface area contributed by atoms with Crippen LogP contribution >= 0.6 is 0 Å². The van der Waals surface area contributed by atoms with Gasteiger partial charge in [0.25, 0.3) is 0 Å². The number of hydrogen-bond acceptors (Lipinski definition) is 3. The topological polar surface area (TPSA) is 35.5 Å². The van der Waals surface area contributed by atoms with Crippen molar-refractivity contribution in [3.63, 3.8) is 0 Å². The van der Waals surface area contributed by atoms with Crippen molar-refractivity contribution in [1.82, 2.24) is 0 Å². The van der Waals surface area contributed by atoms with E-state index < -0.39 is 5.79 Å². The molecule has 0 aromatic rings. The van der Waals surface area contributed by atoms with Crippen molar-refractivity contribution in [2.24, 2.45) is 34.5 Å². The minimum absolute atomic E-state index is 0.128. The van der Waals surface area contributed by atoms with Crippen molar-refractivity contribution in [3.8, 4) is 0 Å². The van der Waals surface area contributed by atoms with Crippen LogP contribution in [0.3, 0.4) is 0 Å². The Balaban J connectivity index is 1.62. The lowest BCUT2D eigenvalue weighted by atomic mass is 9.44. The summed E-state index contributed by atoms with van der Waals surface area (Å²) in [7, 11) is 0. The molecule has 0 amide bonds. The zero-order valence-corrected chi connectivity index (χ0v) is 16.3. The number of carbonyl (C=O) groups is 1. The van der Waals surface area contributed by atoms with Crippen LogP contribution in [0.5, 0.6) is 0 Å². The molecule has 8 atom stereocenters. The number of rotatable bonds is 0. The van der Waals surface area contributed by atoms with Crippen LogP contribution in [0.4, 0.5) is 0 Å². The summed E-state index contributed by atoms with van der Waals surface area (Å²) < 4.78 is 13.1. The van der Waals surface area contributed by atoms with Crippen LogP contribution in [-0.2, 0) is 14.3 Å². The molecule has 1 heterocycles. The third-order valence-electron chi connectivity index (χ3n) is 9.03. The first-order chi connectivity index (χ1) is 11.8. The van der Waals surface area contributed by atoms with Crippen molar-refractivity contribution in [2.75, 3.05) is 0 Å². The molecule has 5 aliphatic rings. The first-order valence-corrected chi connectivity index (χ1v) is 10.6. The molecule has 25 heavy (non-hydrogen) atoms. The van der Waals surface area contributed by atoms with Gasteiger partial charge in [-0.15, -0.1) is 0 Å². The number of ketones is 1. The van der Waals surface area contributed by atoms with Gasteiger partial charge in [-0.05, 0) is 68.6 Å². The van der Waals surface area contributed by atoms with Crippen molar-refractivity contribution in [2.45, 2.75) is 97.1 Å². The van der Waals surface area contributed by atoms with Gasteiger partial charge in [0.15, 0.2) is 5.79 Å². The molecule has 1 aliphatic heterocycles. The van der Waals surface area contributed by atoms with Crippen LogP contribution in [0, 0.1) is 34.5 Å². The van der Waals surface area contributed by atoms with Crippen molar-refractivity contribution in [1.29, 1.82) is 0 Å². The van der Waals surface area contributed by atoms with E-state index in [1.165, 1.54) is 38.5 Å². The lowest BCUT2D eigenvalue weighted by Crippen LogP contribution is -2.62. The monoisotopic (exact) mass is 346 g/mol. The second kappa shape index (κ2) is 5.10.